The third kappa shape index (κ3) is 4.91. The van der Waals surface area contributed by atoms with Gasteiger partial charge in [-0.3, -0.25) is 9.59 Å². The minimum Gasteiger partial charge on any atom is -0.497 e. The number of likely N-dealkylation sites (tertiary alicyclic amines) is 1. The molecule has 0 radical (unpaired) electrons. The fourth-order valence-electron chi connectivity index (χ4n) is 4.65. The number of methoxy groups -OCH3 is 2. The van der Waals surface area contributed by atoms with Gasteiger partial charge in [-0.1, -0.05) is 48.5 Å². The Morgan fingerprint density at radius 1 is 0.912 bits per heavy atom. The molecule has 1 aliphatic heterocycles. The molecule has 176 valence electrons. The largest absolute Gasteiger partial charge is 0.497 e. The van der Waals surface area contributed by atoms with E-state index in [0.717, 1.165) is 11.1 Å². The van der Waals surface area contributed by atoms with Crippen molar-refractivity contribution in [2.24, 2.45) is 5.92 Å². The van der Waals surface area contributed by atoms with Crippen LogP contribution in [0.15, 0.2) is 78.9 Å². The fourth-order valence-corrected chi connectivity index (χ4v) is 4.65. The summed E-state index contributed by atoms with van der Waals surface area (Å²) >= 11 is 0. The number of rotatable bonds is 7. The number of benzene rings is 3. The lowest BCUT2D eigenvalue weighted by Gasteiger charge is -2.25. The Kier molecular flexibility index (Phi) is 7.16. The highest BCUT2D eigenvalue weighted by Crippen LogP contribution is 2.40. The summed E-state index contributed by atoms with van der Waals surface area (Å²) in [4.78, 5) is 30.5. The van der Waals surface area contributed by atoms with Crippen LogP contribution in [0.5, 0.6) is 11.5 Å². The van der Waals surface area contributed by atoms with Crippen LogP contribution in [0.1, 0.15) is 27.4 Å². The standard InChI is InChI=1S/C28H30N2O4/c1-29(17-20-10-6-4-7-11-20)28(32)25-19-30(27(31)21-12-8-5-9-13-21)18-24(25)23-16-22(33-2)14-15-26(23)34-3/h4-16,24-25H,17-19H2,1-3H3. The Bertz CT molecular complexity index is 1130. The molecular weight excluding hydrogens is 428 g/mol. The first-order valence-electron chi connectivity index (χ1n) is 11.4. The van der Waals surface area contributed by atoms with Crippen LogP contribution in [0.2, 0.25) is 0 Å². The number of carbonyl (C=O) groups excluding carboxylic acids is 2. The van der Waals surface area contributed by atoms with E-state index in [1.54, 1.807) is 36.2 Å². The van der Waals surface area contributed by atoms with E-state index < -0.39 is 5.92 Å². The van der Waals surface area contributed by atoms with E-state index >= 15 is 0 Å². The molecule has 0 aromatic heterocycles. The Hall–Kier alpha value is -3.80. The van der Waals surface area contributed by atoms with Gasteiger partial charge in [0.05, 0.1) is 20.1 Å². The zero-order valence-electron chi connectivity index (χ0n) is 19.8. The molecule has 1 fully saturated rings. The molecule has 0 saturated carbocycles. The number of carbonyl (C=O) groups is 2. The van der Waals surface area contributed by atoms with E-state index in [1.165, 1.54) is 0 Å². The summed E-state index contributed by atoms with van der Waals surface area (Å²) in [5.74, 6) is 0.678. The van der Waals surface area contributed by atoms with Gasteiger partial charge in [-0.25, -0.2) is 0 Å². The molecule has 3 aromatic rings. The first kappa shape index (κ1) is 23.4. The second-order valence-corrected chi connectivity index (χ2v) is 8.58. The highest BCUT2D eigenvalue weighted by atomic mass is 16.5. The summed E-state index contributed by atoms with van der Waals surface area (Å²) in [6, 6.07) is 24.7. The number of hydrogen-bond acceptors (Lipinski definition) is 4. The zero-order chi connectivity index (χ0) is 24.1. The molecule has 0 spiro atoms. The van der Waals surface area contributed by atoms with Crippen molar-refractivity contribution in [2.45, 2.75) is 12.5 Å². The predicted octanol–water partition coefficient (Wildman–Crippen LogP) is 4.22. The summed E-state index contributed by atoms with van der Waals surface area (Å²) < 4.78 is 11.1. The monoisotopic (exact) mass is 458 g/mol. The number of nitrogens with zero attached hydrogens (tertiary/aromatic N) is 2. The van der Waals surface area contributed by atoms with Crippen molar-refractivity contribution in [3.8, 4) is 11.5 Å². The molecule has 0 N–H and O–H groups in total. The first-order valence-corrected chi connectivity index (χ1v) is 11.4. The topological polar surface area (TPSA) is 59.1 Å². The van der Waals surface area contributed by atoms with E-state index in [9.17, 15) is 9.59 Å². The van der Waals surface area contributed by atoms with E-state index in [-0.39, 0.29) is 17.7 Å². The number of ether oxygens (including phenoxy) is 2. The van der Waals surface area contributed by atoms with Crippen molar-refractivity contribution in [3.63, 3.8) is 0 Å². The summed E-state index contributed by atoms with van der Waals surface area (Å²) in [6.45, 7) is 1.27. The average Bonchev–Trinajstić information content (AvgIpc) is 3.33. The summed E-state index contributed by atoms with van der Waals surface area (Å²) in [5, 5.41) is 0. The van der Waals surface area contributed by atoms with Gasteiger partial charge >= 0.3 is 0 Å². The molecule has 4 rings (SSSR count). The van der Waals surface area contributed by atoms with Crippen LogP contribution < -0.4 is 9.47 Å². The van der Waals surface area contributed by atoms with Crippen LogP contribution in [-0.4, -0.2) is 56.0 Å². The average molecular weight is 459 g/mol. The van der Waals surface area contributed by atoms with Gasteiger partial charge < -0.3 is 19.3 Å². The van der Waals surface area contributed by atoms with Gasteiger partial charge in [0, 0.05) is 43.7 Å². The highest BCUT2D eigenvalue weighted by molar-refractivity contribution is 5.95. The SMILES string of the molecule is COc1ccc(OC)c(C2CN(C(=O)c3ccccc3)CC2C(=O)N(C)Cc2ccccc2)c1. The molecule has 1 heterocycles. The van der Waals surface area contributed by atoms with Crippen LogP contribution in [0.25, 0.3) is 0 Å². The van der Waals surface area contributed by atoms with Gasteiger partial charge in [-0.15, -0.1) is 0 Å². The Labute approximate surface area is 200 Å². The minimum atomic E-state index is -0.401. The first-order chi connectivity index (χ1) is 16.5. The minimum absolute atomic E-state index is 0.00193. The number of amides is 2. The summed E-state index contributed by atoms with van der Waals surface area (Å²) in [6.07, 6.45) is 0. The maximum atomic E-state index is 13.7. The van der Waals surface area contributed by atoms with Crippen LogP contribution in [0, 0.1) is 5.92 Å². The lowest BCUT2D eigenvalue weighted by molar-refractivity contribution is -0.134. The lowest BCUT2D eigenvalue weighted by atomic mass is 9.87. The van der Waals surface area contributed by atoms with Crippen molar-refractivity contribution in [1.82, 2.24) is 9.80 Å². The highest BCUT2D eigenvalue weighted by Gasteiger charge is 2.43. The molecule has 6 nitrogen and oxygen atoms in total. The molecule has 0 aliphatic carbocycles. The van der Waals surface area contributed by atoms with Crippen molar-refractivity contribution in [1.29, 1.82) is 0 Å². The predicted molar refractivity (Wildman–Crippen MR) is 131 cm³/mol. The van der Waals surface area contributed by atoms with Gasteiger partial charge in [-0.05, 0) is 35.9 Å². The van der Waals surface area contributed by atoms with Gasteiger partial charge in [0.2, 0.25) is 5.91 Å². The molecule has 1 saturated heterocycles. The fraction of sp³-hybridized carbons (Fsp3) is 0.286. The second kappa shape index (κ2) is 10.4. The van der Waals surface area contributed by atoms with Crippen LogP contribution in [-0.2, 0) is 11.3 Å². The van der Waals surface area contributed by atoms with Gasteiger partial charge in [0.25, 0.3) is 5.91 Å². The quantitative estimate of drug-likeness (QED) is 0.532. The molecule has 2 atom stereocenters. The normalized spacial score (nSPS) is 17.3. The maximum Gasteiger partial charge on any atom is 0.253 e. The van der Waals surface area contributed by atoms with Gasteiger partial charge in [0.1, 0.15) is 11.5 Å². The van der Waals surface area contributed by atoms with E-state index in [1.807, 2.05) is 73.8 Å². The Balaban J connectivity index is 1.66. The summed E-state index contributed by atoms with van der Waals surface area (Å²) in [7, 11) is 5.05. The maximum absolute atomic E-state index is 13.7. The van der Waals surface area contributed by atoms with E-state index in [2.05, 4.69) is 0 Å². The van der Waals surface area contributed by atoms with E-state index in [4.69, 9.17) is 9.47 Å². The van der Waals surface area contributed by atoms with Gasteiger partial charge in [0.15, 0.2) is 0 Å². The zero-order valence-corrected chi connectivity index (χ0v) is 19.8. The Morgan fingerprint density at radius 2 is 1.59 bits per heavy atom. The van der Waals surface area contributed by atoms with Crippen LogP contribution in [0.4, 0.5) is 0 Å². The molecule has 34 heavy (non-hydrogen) atoms. The van der Waals surface area contributed by atoms with E-state index in [0.29, 0.717) is 36.7 Å². The van der Waals surface area contributed by atoms with Crippen LogP contribution >= 0.6 is 0 Å². The third-order valence-electron chi connectivity index (χ3n) is 6.42. The van der Waals surface area contributed by atoms with Gasteiger partial charge in [-0.2, -0.15) is 0 Å². The molecule has 2 unspecified atom stereocenters. The second-order valence-electron chi connectivity index (χ2n) is 8.58. The molecule has 2 amide bonds. The van der Waals surface area contributed by atoms with Crippen molar-refractivity contribution < 1.29 is 19.1 Å². The molecule has 3 aromatic carbocycles. The summed E-state index contributed by atoms with van der Waals surface area (Å²) in [5.41, 5.74) is 2.55. The van der Waals surface area contributed by atoms with Crippen molar-refractivity contribution in [3.05, 3.63) is 95.6 Å². The molecule has 1 aliphatic rings. The molecule has 6 heteroatoms. The molecular formula is C28H30N2O4. The third-order valence-corrected chi connectivity index (χ3v) is 6.42. The van der Waals surface area contributed by atoms with Crippen molar-refractivity contribution in [2.75, 3.05) is 34.4 Å². The van der Waals surface area contributed by atoms with Crippen molar-refractivity contribution >= 4 is 11.8 Å². The Morgan fingerprint density at radius 3 is 2.24 bits per heavy atom. The molecule has 0 bridgehead atoms. The lowest BCUT2D eigenvalue weighted by Crippen LogP contribution is -2.36. The van der Waals surface area contributed by atoms with Crippen LogP contribution in [0.3, 0.4) is 0 Å². The smallest absolute Gasteiger partial charge is 0.253 e. The number of hydrogen-bond donors (Lipinski definition) is 0.